The Balaban J connectivity index is 2.06. The van der Waals surface area contributed by atoms with Gasteiger partial charge in [-0.25, -0.2) is 0 Å². The minimum Gasteiger partial charge on any atom is -0.289 e. The summed E-state index contributed by atoms with van der Waals surface area (Å²) >= 11 is 3.30. The van der Waals surface area contributed by atoms with E-state index in [4.69, 9.17) is 0 Å². The van der Waals surface area contributed by atoms with Gasteiger partial charge in [0.1, 0.15) is 0 Å². The SMILES string of the molecule is O=C1C(Br)=C(Cc2ccccc2)C(=O)c2ccccc21. The zero-order valence-corrected chi connectivity index (χ0v) is 12.2. The molecule has 0 radical (unpaired) electrons. The van der Waals surface area contributed by atoms with Crippen molar-refractivity contribution in [1.29, 1.82) is 0 Å². The van der Waals surface area contributed by atoms with Crippen LogP contribution in [0, 0.1) is 0 Å². The molecule has 0 aliphatic heterocycles. The molecule has 0 N–H and O–H groups in total. The van der Waals surface area contributed by atoms with Gasteiger partial charge in [0, 0.05) is 23.1 Å². The third kappa shape index (κ3) is 2.14. The van der Waals surface area contributed by atoms with Gasteiger partial charge in [-0.1, -0.05) is 54.6 Å². The molecule has 2 aromatic carbocycles. The summed E-state index contributed by atoms with van der Waals surface area (Å²) in [6, 6.07) is 16.6. The first kappa shape index (κ1) is 13.0. The Labute approximate surface area is 125 Å². The van der Waals surface area contributed by atoms with E-state index in [2.05, 4.69) is 15.9 Å². The number of Topliss-reactive ketones (excluding diaryl/α,β-unsaturated/α-hetero) is 2. The molecule has 0 atom stereocenters. The predicted octanol–water partition coefficient (Wildman–Crippen LogP) is 3.96. The lowest BCUT2D eigenvalue weighted by Crippen LogP contribution is -2.20. The van der Waals surface area contributed by atoms with Crippen molar-refractivity contribution < 1.29 is 9.59 Å². The molecule has 0 aromatic heterocycles. The normalized spacial score (nSPS) is 14.4. The smallest absolute Gasteiger partial charge is 0.201 e. The predicted molar refractivity (Wildman–Crippen MR) is 81.2 cm³/mol. The topological polar surface area (TPSA) is 34.1 Å². The number of hydrogen-bond acceptors (Lipinski definition) is 2. The van der Waals surface area contributed by atoms with Crippen molar-refractivity contribution in [2.24, 2.45) is 0 Å². The highest BCUT2D eigenvalue weighted by atomic mass is 79.9. The molecule has 98 valence electrons. The highest BCUT2D eigenvalue weighted by Gasteiger charge is 2.30. The van der Waals surface area contributed by atoms with Crippen molar-refractivity contribution in [2.45, 2.75) is 6.42 Å². The van der Waals surface area contributed by atoms with E-state index < -0.39 is 0 Å². The van der Waals surface area contributed by atoms with Crippen LogP contribution in [0.4, 0.5) is 0 Å². The van der Waals surface area contributed by atoms with Crippen molar-refractivity contribution in [3.8, 4) is 0 Å². The van der Waals surface area contributed by atoms with Crippen LogP contribution in [-0.2, 0) is 6.42 Å². The molecule has 0 unspecified atom stereocenters. The van der Waals surface area contributed by atoms with E-state index in [-0.39, 0.29) is 11.6 Å². The molecule has 1 aliphatic rings. The van der Waals surface area contributed by atoms with Gasteiger partial charge in [0.15, 0.2) is 5.78 Å². The molecule has 2 nitrogen and oxygen atoms in total. The molecular weight excluding hydrogens is 316 g/mol. The lowest BCUT2D eigenvalue weighted by atomic mass is 9.87. The van der Waals surface area contributed by atoms with Crippen LogP contribution in [0.1, 0.15) is 26.3 Å². The second kappa shape index (κ2) is 5.17. The van der Waals surface area contributed by atoms with Crippen molar-refractivity contribution >= 4 is 27.5 Å². The minimum absolute atomic E-state index is 0.0732. The fraction of sp³-hybridized carbons (Fsp3) is 0.0588. The Morgan fingerprint density at radius 3 is 1.95 bits per heavy atom. The van der Waals surface area contributed by atoms with Gasteiger partial charge in [0.2, 0.25) is 5.78 Å². The number of allylic oxidation sites excluding steroid dienone is 2. The fourth-order valence-electron chi connectivity index (χ4n) is 2.35. The number of rotatable bonds is 2. The highest BCUT2D eigenvalue weighted by Crippen LogP contribution is 2.31. The number of ketones is 2. The van der Waals surface area contributed by atoms with Crippen molar-refractivity contribution in [3.05, 3.63) is 81.3 Å². The van der Waals surface area contributed by atoms with E-state index in [0.717, 1.165) is 5.56 Å². The second-order valence-electron chi connectivity index (χ2n) is 4.66. The van der Waals surface area contributed by atoms with Crippen LogP contribution in [0.3, 0.4) is 0 Å². The van der Waals surface area contributed by atoms with Crippen LogP contribution in [0.15, 0.2) is 64.7 Å². The molecule has 0 bridgehead atoms. The van der Waals surface area contributed by atoms with Gasteiger partial charge in [-0.05, 0) is 21.5 Å². The molecule has 0 heterocycles. The number of hydrogen-bond donors (Lipinski definition) is 0. The van der Waals surface area contributed by atoms with E-state index >= 15 is 0 Å². The third-order valence-electron chi connectivity index (χ3n) is 3.38. The Bertz CT molecular complexity index is 730. The summed E-state index contributed by atoms with van der Waals surface area (Å²) in [6.07, 6.45) is 0.459. The van der Waals surface area contributed by atoms with E-state index in [0.29, 0.717) is 27.6 Å². The van der Waals surface area contributed by atoms with Crippen LogP contribution < -0.4 is 0 Å². The summed E-state index contributed by atoms with van der Waals surface area (Å²) in [4.78, 5) is 24.8. The second-order valence-corrected chi connectivity index (χ2v) is 5.45. The standard InChI is InChI=1S/C17H11BrO2/c18-15-14(10-11-6-2-1-3-7-11)16(19)12-8-4-5-9-13(12)17(15)20/h1-9H,10H2. The average molecular weight is 327 g/mol. The molecule has 0 saturated carbocycles. The van der Waals surface area contributed by atoms with Crippen LogP contribution in [0.2, 0.25) is 0 Å². The molecule has 3 heteroatoms. The molecule has 20 heavy (non-hydrogen) atoms. The zero-order valence-electron chi connectivity index (χ0n) is 10.6. The molecular formula is C17H11BrO2. The first-order valence-electron chi connectivity index (χ1n) is 6.29. The van der Waals surface area contributed by atoms with Crippen molar-refractivity contribution in [3.63, 3.8) is 0 Å². The Kier molecular flexibility index (Phi) is 3.36. The van der Waals surface area contributed by atoms with Crippen LogP contribution in [0.5, 0.6) is 0 Å². The number of benzene rings is 2. The monoisotopic (exact) mass is 326 g/mol. The fourth-order valence-corrected chi connectivity index (χ4v) is 2.89. The number of carbonyl (C=O) groups excluding carboxylic acids is 2. The van der Waals surface area contributed by atoms with Crippen molar-refractivity contribution in [1.82, 2.24) is 0 Å². The van der Waals surface area contributed by atoms with E-state index in [1.165, 1.54) is 0 Å². The molecule has 0 spiro atoms. The van der Waals surface area contributed by atoms with Crippen LogP contribution >= 0.6 is 15.9 Å². The van der Waals surface area contributed by atoms with Gasteiger partial charge in [-0.2, -0.15) is 0 Å². The summed E-state index contributed by atoms with van der Waals surface area (Å²) in [7, 11) is 0. The number of halogens is 1. The highest BCUT2D eigenvalue weighted by molar-refractivity contribution is 9.12. The zero-order chi connectivity index (χ0) is 14.1. The third-order valence-corrected chi connectivity index (χ3v) is 4.22. The molecule has 3 rings (SSSR count). The maximum atomic E-state index is 12.5. The molecule has 2 aromatic rings. The Morgan fingerprint density at radius 1 is 0.750 bits per heavy atom. The lowest BCUT2D eigenvalue weighted by Gasteiger charge is -2.17. The van der Waals surface area contributed by atoms with E-state index in [1.807, 2.05) is 30.3 Å². The first-order chi connectivity index (χ1) is 9.68. The summed E-state index contributed by atoms with van der Waals surface area (Å²) in [5.74, 6) is -0.193. The summed E-state index contributed by atoms with van der Waals surface area (Å²) in [6.45, 7) is 0. The summed E-state index contributed by atoms with van der Waals surface area (Å²) in [5, 5.41) is 0. The number of fused-ring (bicyclic) bond motifs is 1. The largest absolute Gasteiger partial charge is 0.289 e. The van der Waals surface area contributed by atoms with Crippen LogP contribution in [0.25, 0.3) is 0 Å². The minimum atomic E-state index is -0.119. The molecule has 1 aliphatic carbocycles. The Hall–Kier alpha value is -2.00. The van der Waals surface area contributed by atoms with Crippen LogP contribution in [-0.4, -0.2) is 11.6 Å². The molecule has 0 fully saturated rings. The summed E-state index contributed by atoms with van der Waals surface area (Å²) in [5.41, 5.74) is 2.51. The van der Waals surface area contributed by atoms with Gasteiger partial charge >= 0.3 is 0 Å². The van der Waals surface area contributed by atoms with Gasteiger partial charge in [0.25, 0.3) is 0 Å². The number of carbonyl (C=O) groups is 2. The van der Waals surface area contributed by atoms with Crippen molar-refractivity contribution in [2.75, 3.05) is 0 Å². The maximum Gasteiger partial charge on any atom is 0.201 e. The van der Waals surface area contributed by atoms with E-state index in [1.54, 1.807) is 24.3 Å². The van der Waals surface area contributed by atoms with Gasteiger partial charge in [-0.15, -0.1) is 0 Å². The quantitative estimate of drug-likeness (QED) is 0.837. The lowest BCUT2D eigenvalue weighted by molar-refractivity contribution is 0.0980. The maximum absolute atomic E-state index is 12.5. The van der Waals surface area contributed by atoms with Gasteiger partial charge in [0.05, 0.1) is 4.48 Å². The Morgan fingerprint density at radius 2 is 1.30 bits per heavy atom. The van der Waals surface area contributed by atoms with Gasteiger partial charge < -0.3 is 0 Å². The summed E-state index contributed by atoms with van der Waals surface area (Å²) < 4.78 is 0.380. The van der Waals surface area contributed by atoms with Gasteiger partial charge in [-0.3, -0.25) is 9.59 Å². The average Bonchev–Trinajstić information content (AvgIpc) is 2.50. The first-order valence-corrected chi connectivity index (χ1v) is 7.09. The molecule has 0 saturated heterocycles. The van der Waals surface area contributed by atoms with E-state index in [9.17, 15) is 9.59 Å². The molecule has 0 amide bonds.